The molecule has 0 saturated carbocycles. The zero-order chi connectivity index (χ0) is 22.0. The van der Waals surface area contributed by atoms with Crippen LogP contribution in [0.5, 0.6) is 0 Å². The molecule has 1 aromatic rings. The lowest BCUT2D eigenvalue weighted by Gasteiger charge is -2.39. The predicted octanol–water partition coefficient (Wildman–Crippen LogP) is 4.70. The van der Waals surface area contributed by atoms with Crippen LogP contribution < -0.4 is 5.32 Å². The van der Waals surface area contributed by atoms with Crippen molar-refractivity contribution in [2.45, 2.75) is 78.9 Å². The molecule has 0 amide bonds. The maximum absolute atomic E-state index is 8.67. The minimum Gasteiger partial charge on any atom is -0.370 e. The summed E-state index contributed by atoms with van der Waals surface area (Å²) in [5.74, 6) is -0.400. The monoisotopic (exact) mass is 424 g/mol. The SMILES string of the molecule is CCC(Nc1nc(N=[N+]=[N-])nc(N=[N+]=[N-])n1)[Si](OC(C)C)(OC(C)C)OC(C)C. The van der Waals surface area contributed by atoms with Crippen LogP contribution in [0.2, 0.25) is 0 Å². The van der Waals surface area contributed by atoms with Gasteiger partial charge in [-0.25, -0.2) is 4.98 Å². The summed E-state index contributed by atoms with van der Waals surface area (Å²) in [6.07, 6.45) is 0.125. The number of nitrogens with one attached hydrogen (secondary N) is 1. The summed E-state index contributed by atoms with van der Waals surface area (Å²) in [5.41, 5.74) is 16.9. The van der Waals surface area contributed by atoms with Crippen molar-refractivity contribution in [2.75, 3.05) is 5.32 Å². The summed E-state index contributed by atoms with van der Waals surface area (Å²) in [7, 11) is -3.29. The van der Waals surface area contributed by atoms with E-state index < -0.39 is 14.5 Å². The van der Waals surface area contributed by atoms with Gasteiger partial charge in [0.15, 0.2) is 0 Å². The van der Waals surface area contributed by atoms with Crippen LogP contribution in [0, 0.1) is 0 Å². The Balaban J connectivity index is 3.43. The highest BCUT2D eigenvalue weighted by atomic mass is 28.4. The molecule has 160 valence electrons. The topological polar surface area (TPSA) is 176 Å². The highest BCUT2D eigenvalue weighted by molar-refractivity contribution is 6.63. The molecule has 1 N–H and O–H groups in total. The maximum atomic E-state index is 8.67. The summed E-state index contributed by atoms with van der Waals surface area (Å²) >= 11 is 0. The number of hydrogen-bond acceptors (Lipinski definition) is 9. The molecule has 1 aromatic heterocycles. The summed E-state index contributed by atoms with van der Waals surface area (Å²) in [6.45, 7) is 13.4. The first-order valence-electron chi connectivity index (χ1n) is 9.32. The van der Waals surface area contributed by atoms with E-state index in [9.17, 15) is 0 Å². The number of hydrogen-bond donors (Lipinski definition) is 1. The van der Waals surface area contributed by atoms with Crippen molar-refractivity contribution in [1.29, 1.82) is 0 Å². The molecule has 0 aliphatic rings. The molecule has 14 heteroatoms. The Hall–Kier alpha value is -2.47. The highest BCUT2D eigenvalue weighted by Crippen LogP contribution is 2.26. The van der Waals surface area contributed by atoms with Gasteiger partial charge in [0.2, 0.25) is 17.8 Å². The molecular weight excluding hydrogens is 396 g/mol. The first kappa shape index (κ1) is 24.6. The first-order chi connectivity index (χ1) is 13.7. The lowest BCUT2D eigenvalue weighted by molar-refractivity contribution is -0.00265. The van der Waals surface area contributed by atoms with E-state index in [2.05, 4.69) is 40.3 Å². The van der Waals surface area contributed by atoms with Crippen molar-refractivity contribution < 1.29 is 13.3 Å². The molecule has 0 aliphatic heterocycles. The van der Waals surface area contributed by atoms with E-state index >= 15 is 0 Å². The first-order valence-corrected chi connectivity index (χ1v) is 11.1. The van der Waals surface area contributed by atoms with Crippen LogP contribution in [0.3, 0.4) is 0 Å². The zero-order valence-corrected chi connectivity index (χ0v) is 18.8. The van der Waals surface area contributed by atoms with Gasteiger partial charge in [0.05, 0.1) is 5.67 Å². The molecular formula is C15H28N10O3Si. The number of aromatic nitrogens is 3. The van der Waals surface area contributed by atoms with E-state index in [1.54, 1.807) is 0 Å². The molecule has 13 nitrogen and oxygen atoms in total. The molecule has 0 fully saturated rings. The van der Waals surface area contributed by atoms with Gasteiger partial charge >= 0.3 is 8.80 Å². The van der Waals surface area contributed by atoms with E-state index in [1.807, 2.05) is 48.5 Å². The van der Waals surface area contributed by atoms with Crippen molar-refractivity contribution >= 4 is 26.6 Å². The molecule has 0 aromatic carbocycles. The van der Waals surface area contributed by atoms with Crippen LogP contribution in [0.25, 0.3) is 20.9 Å². The molecule has 1 atom stereocenters. The Morgan fingerprint density at radius 1 is 0.862 bits per heavy atom. The van der Waals surface area contributed by atoms with Crippen LogP contribution in [0.1, 0.15) is 54.9 Å². The normalized spacial score (nSPS) is 12.6. The van der Waals surface area contributed by atoms with Crippen LogP contribution in [0.15, 0.2) is 10.2 Å². The fourth-order valence-corrected chi connectivity index (χ4v) is 5.94. The van der Waals surface area contributed by atoms with E-state index in [0.29, 0.717) is 6.42 Å². The minimum atomic E-state index is -3.29. The van der Waals surface area contributed by atoms with E-state index in [1.165, 1.54) is 0 Å². The standard InChI is InChI=1S/C15H28N10O3Si/c1-8-12(29(26-9(2)3,27-10(4)5)28-11(6)7)18-13-19-14(22-24-16)21-15(20-13)23-25-17/h9-12H,8H2,1-7H3,(H,18,19,20,21). The molecule has 0 aliphatic carbocycles. The second-order valence-corrected chi connectivity index (χ2v) is 9.46. The molecule has 0 saturated heterocycles. The molecule has 0 spiro atoms. The van der Waals surface area contributed by atoms with Crippen LogP contribution in [-0.2, 0) is 13.3 Å². The molecule has 29 heavy (non-hydrogen) atoms. The second kappa shape index (κ2) is 11.5. The minimum absolute atomic E-state index is 0.0561. The van der Waals surface area contributed by atoms with E-state index in [-0.39, 0.29) is 36.2 Å². The summed E-state index contributed by atoms with van der Waals surface area (Å²) in [4.78, 5) is 17.2. The van der Waals surface area contributed by atoms with Crippen molar-refractivity contribution in [3.05, 3.63) is 20.9 Å². The van der Waals surface area contributed by atoms with Gasteiger partial charge in [-0.1, -0.05) is 6.92 Å². The third kappa shape index (κ3) is 7.81. The summed E-state index contributed by atoms with van der Waals surface area (Å²) in [5, 5.41) is 9.87. The largest absolute Gasteiger partial charge is 0.525 e. The smallest absolute Gasteiger partial charge is 0.370 e. The highest BCUT2D eigenvalue weighted by Gasteiger charge is 2.52. The van der Waals surface area contributed by atoms with Gasteiger partial charge in [0, 0.05) is 28.1 Å². The van der Waals surface area contributed by atoms with Crippen LogP contribution in [-0.4, -0.2) is 47.7 Å². The van der Waals surface area contributed by atoms with E-state index in [0.717, 1.165) is 0 Å². The van der Waals surface area contributed by atoms with Gasteiger partial charge in [-0.15, -0.1) is 0 Å². The van der Waals surface area contributed by atoms with Crippen molar-refractivity contribution in [2.24, 2.45) is 10.2 Å². The predicted molar refractivity (Wildman–Crippen MR) is 110 cm³/mol. The van der Waals surface area contributed by atoms with Gasteiger partial charge in [-0.3, -0.25) is 0 Å². The van der Waals surface area contributed by atoms with Gasteiger partial charge < -0.3 is 18.6 Å². The lowest BCUT2D eigenvalue weighted by atomic mass is 10.5. The Morgan fingerprint density at radius 3 is 1.59 bits per heavy atom. The number of nitrogens with zero attached hydrogens (tertiary/aromatic N) is 9. The lowest BCUT2D eigenvalue weighted by Crippen LogP contribution is -2.62. The fourth-order valence-electron chi connectivity index (χ4n) is 2.50. The Morgan fingerprint density at radius 2 is 1.28 bits per heavy atom. The van der Waals surface area contributed by atoms with Crippen LogP contribution in [0.4, 0.5) is 17.8 Å². The Kier molecular flexibility index (Phi) is 9.75. The Bertz CT molecular complexity index is 700. The molecule has 0 radical (unpaired) electrons. The third-order valence-corrected chi connectivity index (χ3v) is 7.02. The molecule has 1 unspecified atom stereocenters. The van der Waals surface area contributed by atoms with Crippen molar-refractivity contribution in [3.63, 3.8) is 0 Å². The van der Waals surface area contributed by atoms with Gasteiger partial charge in [0.25, 0.3) is 0 Å². The van der Waals surface area contributed by atoms with Gasteiger partial charge in [-0.2, -0.15) is 9.97 Å². The average molecular weight is 425 g/mol. The zero-order valence-electron chi connectivity index (χ0n) is 17.8. The van der Waals surface area contributed by atoms with E-state index in [4.69, 9.17) is 24.3 Å². The number of anilines is 1. The average Bonchev–Trinajstić information content (AvgIpc) is 2.58. The Labute approximate surface area is 170 Å². The van der Waals surface area contributed by atoms with Gasteiger partial charge in [-0.05, 0) is 69.3 Å². The maximum Gasteiger partial charge on any atom is 0.525 e. The van der Waals surface area contributed by atoms with Crippen molar-refractivity contribution in [3.8, 4) is 0 Å². The molecule has 1 rings (SSSR count). The van der Waals surface area contributed by atoms with Gasteiger partial charge in [0.1, 0.15) is 0 Å². The fraction of sp³-hybridized carbons (Fsp3) is 0.800. The quantitative estimate of drug-likeness (QED) is 0.219. The summed E-state index contributed by atoms with van der Waals surface area (Å²) in [6, 6.07) is 0. The molecule has 0 bridgehead atoms. The number of azide groups is 2. The summed E-state index contributed by atoms with van der Waals surface area (Å²) < 4.78 is 18.7. The number of rotatable bonds is 12. The molecule has 1 heterocycles. The van der Waals surface area contributed by atoms with Crippen molar-refractivity contribution in [1.82, 2.24) is 15.0 Å². The third-order valence-electron chi connectivity index (χ3n) is 3.22. The second-order valence-electron chi connectivity index (χ2n) is 6.85. The van der Waals surface area contributed by atoms with Crippen LogP contribution >= 0.6 is 0 Å².